The third-order valence-corrected chi connectivity index (χ3v) is 5.33. The van der Waals surface area contributed by atoms with Crippen LogP contribution in [0.25, 0.3) is 0 Å². The zero-order valence-electron chi connectivity index (χ0n) is 14.1. The highest BCUT2D eigenvalue weighted by atomic mass is 35.5. The summed E-state index contributed by atoms with van der Waals surface area (Å²) >= 11 is 6.30. The van der Waals surface area contributed by atoms with Crippen LogP contribution in [0.15, 0.2) is 18.3 Å². The second-order valence-electron chi connectivity index (χ2n) is 6.84. The van der Waals surface area contributed by atoms with Crippen LogP contribution >= 0.6 is 11.6 Å². The van der Waals surface area contributed by atoms with Crippen molar-refractivity contribution in [2.24, 2.45) is 0 Å². The van der Waals surface area contributed by atoms with Gasteiger partial charge in [-0.25, -0.2) is 4.98 Å². The largest absolute Gasteiger partial charge is 0.493 e. The van der Waals surface area contributed by atoms with Gasteiger partial charge in [0.15, 0.2) is 0 Å². The monoisotopic (exact) mass is 345 g/mol. The minimum Gasteiger partial charge on any atom is -0.493 e. The molecule has 4 nitrogen and oxygen atoms in total. The van der Waals surface area contributed by atoms with Gasteiger partial charge in [0.25, 0.3) is 0 Å². The summed E-state index contributed by atoms with van der Waals surface area (Å²) in [4.78, 5) is 4.59. The number of nitrogens with zero attached hydrogens (tertiary/aromatic N) is 2. The van der Waals surface area contributed by atoms with Crippen LogP contribution in [0, 0.1) is 6.92 Å². The SMILES string of the molecule is Cc1cc(Cl)cc2c1OCCCC2NCc1cnc2n1CCCC2. The third-order valence-electron chi connectivity index (χ3n) is 5.11. The molecule has 2 aliphatic rings. The number of halogens is 1. The molecular weight excluding hydrogens is 322 g/mol. The van der Waals surface area contributed by atoms with Crippen LogP contribution < -0.4 is 10.1 Å². The maximum absolute atomic E-state index is 6.30. The first-order chi connectivity index (χ1) is 11.7. The molecule has 0 bridgehead atoms. The Hall–Kier alpha value is -1.52. The number of fused-ring (bicyclic) bond motifs is 2. The third kappa shape index (κ3) is 3.05. The molecule has 5 heteroatoms. The second-order valence-corrected chi connectivity index (χ2v) is 7.28. The quantitative estimate of drug-likeness (QED) is 0.906. The minimum absolute atomic E-state index is 0.273. The topological polar surface area (TPSA) is 39.1 Å². The summed E-state index contributed by atoms with van der Waals surface area (Å²) in [5, 5.41) is 4.51. The molecule has 2 aromatic rings. The Balaban J connectivity index is 1.56. The molecular formula is C19H24ClN3O. The normalized spacial score (nSPS) is 20.0. The number of aryl methyl sites for hydroxylation is 2. The standard InChI is InChI=1S/C19H24ClN3O/c1-13-9-14(20)10-16-17(5-4-8-24-19(13)16)21-11-15-12-22-18-6-2-3-7-23(15)18/h9-10,12,17,21H,2-8,11H2,1H3. The Morgan fingerprint density at radius 3 is 3.17 bits per heavy atom. The van der Waals surface area contributed by atoms with E-state index in [0.717, 1.165) is 55.3 Å². The highest BCUT2D eigenvalue weighted by Gasteiger charge is 2.22. The number of nitrogens with one attached hydrogen (secondary N) is 1. The molecule has 0 amide bonds. The fraction of sp³-hybridized carbons (Fsp3) is 0.526. The van der Waals surface area contributed by atoms with E-state index in [4.69, 9.17) is 16.3 Å². The number of hydrogen-bond donors (Lipinski definition) is 1. The molecule has 1 atom stereocenters. The number of imidazole rings is 1. The molecule has 0 fully saturated rings. The van der Waals surface area contributed by atoms with Crippen LogP contribution in [0.2, 0.25) is 5.02 Å². The number of hydrogen-bond acceptors (Lipinski definition) is 3. The molecule has 1 unspecified atom stereocenters. The Morgan fingerprint density at radius 2 is 2.25 bits per heavy atom. The molecule has 3 heterocycles. The highest BCUT2D eigenvalue weighted by molar-refractivity contribution is 6.30. The predicted octanol–water partition coefficient (Wildman–Crippen LogP) is 4.18. The van der Waals surface area contributed by atoms with Crippen molar-refractivity contribution in [2.75, 3.05) is 6.61 Å². The first kappa shape index (κ1) is 16.0. The molecule has 4 rings (SSSR count). The van der Waals surface area contributed by atoms with E-state index in [2.05, 4.69) is 27.9 Å². The van der Waals surface area contributed by atoms with Crippen LogP contribution in [-0.4, -0.2) is 16.2 Å². The van der Waals surface area contributed by atoms with E-state index in [1.807, 2.05) is 12.3 Å². The number of ether oxygens (including phenoxy) is 1. The molecule has 0 saturated heterocycles. The maximum atomic E-state index is 6.30. The molecule has 0 radical (unpaired) electrons. The first-order valence-electron chi connectivity index (χ1n) is 8.92. The van der Waals surface area contributed by atoms with Crippen molar-refractivity contribution in [1.82, 2.24) is 14.9 Å². The van der Waals surface area contributed by atoms with Crippen molar-refractivity contribution in [1.29, 1.82) is 0 Å². The first-order valence-corrected chi connectivity index (χ1v) is 9.29. The van der Waals surface area contributed by atoms with Gasteiger partial charge in [-0.2, -0.15) is 0 Å². The van der Waals surface area contributed by atoms with E-state index in [0.29, 0.717) is 0 Å². The molecule has 2 aliphatic heterocycles. The van der Waals surface area contributed by atoms with E-state index >= 15 is 0 Å². The lowest BCUT2D eigenvalue weighted by Crippen LogP contribution is -2.23. The number of benzene rings is 1. The fourth-order valence-electron chi connectivity index (χ4n) is 3.89. The Labute approximate surface area is 148 Å². The molecule has 1 N–H and O–H groups in total. The van der Waals surface area contributed by atoms with Crippen molar-refractivity contribution < 1.29 is 4.74 Å². The molecule has 128 valence electrons. The van der Waals surface area contributed by atoms with Gasteiger partial charge in [0, 0.05) is 42.3 Å². The van der Waals surface area contributed by atoms with E-state index in [9.17, 15) is 0 Å². The van der Waals surface area contributed by atoms with E-state index in [1.165, 1.54) is 29.9 Å². The summed E-state index contributed by atoms with van der Waals surface area (Å²) in [7, 11) is 0. The van der Waals surface area contributed by atoms with Crippen molar-refractivity contribution >= 4 is 11.6 Å². The molecule has 1 aromatic heterocycles. The zero-order chi connectivity index (χ0) is 16.5. The Kier molecular flexibility index (Phi) is 4.51. The van der Waals surface area contributed by atoms with Crippen molar-refractivity contribution in [2.45, 2.75) is 58.2 Å². The summed E-state index contributed by atoms with van der Waals surface area (Å²) in [5.74, 6) is 2.24. The summed E-state index contributed by atoms with van der Waals surface area (Å²) in [6.07, 6.45) is 7.77. The highest BCUT2D eigenvalue weighted by Crippen LogP contribution is 2.36. The van der Waals surface area contributed by atoms with Crippen molar-refractivity contribution in [3.8, 4) is 5.75 Å². The Morgan fingerprint density at radius 1 is 1.33 bits per heavy atom. The van der Waals surface area contributed by atoms with Gasteiger partial charge in [-0.1, -0.05) is 11.6 Å². The molecule has 0 spiro atoms. The average Bonchev–Trinajstić information content (AvgIpc) is 2.87. The minimum atomic E-state index is 0.273. The van der Waals surface area contributed by atoms with Gasteiger partial charge in [0.1, 0.15) is 11.6 Å². The van der Waals surface area contributed by atoms with Gasteiger partial charge in [-0.15, -0.1) is 0 Å². The summed E-state index contributed by atoms with van der Waals surface area (Å²) in [6, 6.07) is 4.31. The zero-order valence-corrected chi connectivity index (χ0v) is 14.9. The van der Waals surface area contributed by atoms with Gasteiger partial charge < -0.3 is 14.6 Å². The van der Waals surface area contributed by atoms with Crippen LogP contribution in [0.5, 0.6) is 5.75 Å². The lowest BCUT2D eigenvalue weighted by Gasteiger charge is -2.21. The Bertz CT molecular complexity index is 740. The predicted molar refractivity (Wildman–Crippen MR) is 95.7 cm³/mol. The van der Waals surface area contributed by atoms with Crippen LogP contribution in [-0.2, 0) is 19.5 Å². The maximum Gasteiger partial charge on any atom is 0.127 e. The van der Waals surface area contributed by atoms with Gasteiger partial charge in [0.05, 0.1) is 12.3 Å². The van der Waals surface area contributed by atoms with Crippen LogP contribution in [0.3, 0.4) is 0 Å². The number of aromatic nitrogens is 2. The van der Waals surface area contributed by atoms with E-state index < -0.39 is 0 Å². The van der Waals surface area contributed by atoms with Gasteiger partial charge >= 0.3 is 0 Å². The van der Waals surface area contributed by atoms with Gasteiger partial charge in [0.2, 0.25) is 0 Å². The second kappa shape index (κ2) is 6.77. The van der Waals surface area contributed by atoms with E-state index in [-0.39, 0.29) is 6.04 Å². The van der Waals surface area contributed by atoms with Crippen molar-refractivity contribution in [3.63, 3.8) is 0 Å². The van der Waals surface area contributed by atoms with Crippen molar-refractivity contribution in [3.05, 3.63) is 46.0 Å². The summed E-state index contributed by atoms with van der Waals surface area (Å²) < 4.78 is 8.36. The lowest BCUT2D eigenvalue weighted by atomic mass is 9.99. The average molecular weight is 346 g/mol. The lowest BCUT2D eigenvalue weighted by molar-refractivity contribution is 0.313. The molecule has 1 aromatic carbocycles. The van der Waals surface area contributed by atoms with Gasteiger partial charge in [-0.05, 0) is 50.3 Å². The number of rotatable bonds is 3. The summed E-state index contributed by atoms with van der Waals surface area (Å²) in [5.41, 5.74) is 3.60. The summed E-state index contributed by atoms with van der Waals surface area (Å²) in [6.45, 7) is 4.78. The van der Waals surface area contributed by atoms with E-state index in [1.54, 1.807) is 0 Å². The van der Waals surface area contributed by atoms with Crippen LogP contribution in [0.4, 0.5) is 0 Å². The molecule has 0 aliphatic carbocycles. The molecule has 0 saturated carbocycles. The smallest absolute Gasteiger partial charge is 0.127 e. The molecule has 24 heavy (non-hydrogen) atoms. The van der Waals surface area contributed by atoms with Gasteiger partial charge in [-0.3, -0.25) is 0 Å². The van der Waals surface area contributed by atoms with Crippen LogP contribution in [0.1, 0.15) is 54.4 Å². The fourth-order valence-corrected chi connectivity index (χ4v) is 4.17.